The maximum Gasteiger partial charge on any atom is 0.319 e. The topological polar surface area (TPSA) is 206 Å². The van der Waals surface area contributed by atoms with Crippen LogP contribution in [0.4, 0.5) is 0 Å². The number of hydrogen-bond donors (Lipinski definition) is 6. The molecule has 7 N–H and O–H groups in total. The van der Waals surface area contributed by atoms with Crippen LogP contribution >= 0.6 is 0 Å². The van der Waals surface area contributed by atoms with Crippen molar-refractivity contribution >= 4 is 29.2 Å². The highest BCUT2D eigenvalue weighted by molar-refractivity contribution is 6.22. The summed E-state index contributed by atoms with van der Waals surface area (Å²) in [5.74, 6) is -6.74. The van der Waals surface area contributed by atoms with E-state index < -0.39 is 58.4 Å². The number of primary amides is 1. The van der Waals surface area contributed by atoms with Gasteiger partial charge >= 0.3 is 5.97 Å². The highest BCUT2D eigenvalue weighted by Crippen LogP contribution is 2.53. The highest BCUT2D eigenvalue weighted by atomic mass is 16.5. The number of rotatable bonds is 8. The van der Waals surface area contributed by atoms with E-state index in [2.05, 4.69) is 5.32 Å². The third kappa shape index (κ3) is 4.82. The molecule has 0 aliphatic heterocycles. The number of hydrogen-bond acceptors (Lipinski definition) is 11. The summed E-state index contributed by atoms with van der Waals surface area (Å²) in [6, 6.07) is 8.45. The van der Waals surface area contributed by atoms with E-state index in [4.69, 9.17) is 15.2 Å². The van der Waals surface area contributed by atoms with E-state index in [-0.39, 0.29) is 48.8 Å². The van der Waals surface area contributed by atoms with E-state index in [1.165, 1.54) is 13.2 Å². The molecule has 0 spiro atoms. The Morgan fingerprint density at radius 1 is 1.09 bits per heavy atom. The van der Waals surface area contributed by atoms with Crippen LogP contribution < -0.4 is 15.8 Å². The SMILES string of the molecule is CCOC(=O)CNCc1ccc(OC)c(-c2ccc(O)c3c2C[C@H]2C[C@H]4CC(=O)C(C(N)=O)=C(O)[C@@]4(O)C(=O)C2=C3O)c1. The number of benzene rings is 2. The molecule has 2 aromatic carbocycles. The zero-order chi connectivity index (χ0) is 31.2. The van der Waals surface area contributed by atoms with E-state index in [9.17, 15) is 39.6 Å². The number of aliphatic hydroxyl groups is 3. The summed E-state index contributed by atoms with van der Waals surface area (Å²) in [4.78, 5) is 49.9. The first-order valence-corrected chi connectivity index (χ1v) is 13.8. The molecule has 1 fully saturated rings. The molecule has 0 aromatic heterocycles. The first-order valence-electron chi connectivity index (χ1n) is 13.8. The van der Waals surface area contributed by atoms with Crippen LogP contribution in [0.25, 0.3) is 16.9 Å². The van der Waals surface area contributed by atoms with E-state index in [0.717, 1.165) is 5.56 Å². The molecule has 0 saturated heterocycles. The first kappa shape index (κ1) is 29.8. The van der Waals surface area contributed by atoms with E-state index in [1.54, 1.807) is 19.1 Å². The zero-order valence-corrected chi connectivity index (χ0v) is 23.6. The lowest BCUT2D eigenvalue weighted by Crippen LogP contribution is -2.58. The summed E-state index contributed by atoms with van der Waals surface area (Å²) in [6.07, 6.45) is -0.233. The van der Waals surface area contributed by atoms with Gasteiger partial charge < -0.3 is 41.0 Å². The number of amides is 1. The Bertz CT molecular complexity index is 1620. The molecule has 226 valence electrons. The monoisotopic (exact) mass is 592 g/mol. The molecule has 12 nitrogen and oxygen atoms in total. The van der Waals surface area contributed by atoms with Gasteiger partial charge in [0.25, 0.3) is 5.91 Å². The van der Waals surface area contributed by atoms with Crippen molar-refractivity contribution in [1.82, 2.24) is 5.32 Å². The minimum atomic E-state index is -2.63. The van der Waals surface area contributed by atoms with Crippen molar-refractivity contribution in [1.29, 1.82) is 0 Å². The van der Waals surface area contributed by atoms with Gasteiger partial charge in [-0.2, -0.15) is 0 Å². The fourth-order valence-electron chi connectivity index (χ4n) is 6.47. The number of aromatic hydroxyl groups is 1. The number of methoxy groups -OCH3 is 1. The van der Waals surface area contributed by atoms with Crippen molar-refractivity contribution in [2.45, 2.75) is 38.3 Å². The lowest BCUT2D eigenvalue weighted by molar-refractivity contribution is -0.147. The van der Waals surface area contributed by atoms with E-state index in [0.29, 0.717) is 29.0 Å². The Labute approximate surface area is 246 Å². The second-order valence-corrected chi connectivity index (χ2v) is 10.8. The summed E-state index contributed by atoms with van der Waals surface area (Å²) in [6.45, 7) is 2.35. The van der Waals surface area contributed by atoms with Crippen LogP contribution in [0.3, 0.4) is 0 Å². The molecule has 0 unspecified atom stereocenters. The number of phenolic OH excluding ortho intramolecular Hbond substituents is 1. The number of esters is 1. The second-order valence-electron chi connectivity index (χ2n) is 10.8. The van der Waals surface area contributed by atoms with Gasteiger partial charge in [0, 0.05) is 30.0 Å². The largest absolute Gasteiger partial charge is 0.508 e. The molecule has 3 aliphatic rings. The Morgan fingerprint density at radius 3 is 2.51 bits per heavy atom. The van der Waals surface area contributed by atoms with Crippen molar-refractivity contribution in [2.24, 2.45) is 17.6 Å². The molecule has 5 rings (SSSR count). The minimum Gasteiger partial charge on any atom is -0.508 e. The summed E-state index contributed by atoms with van der Waals surface area (Å²) in [5, 5.41) is 47.5. The van der Waals surface area contributed by atoms with E-state index in [1.807, 2.05) is 12.1 Å². The zero-order valence-electron chi connectivity index (χ0n) is 23.6. The molecule has 0 radical (unpaired) electrons. The summed E-state index contributed by atoms with van der Waals surface area (Å²) in [7, 11) is 1.50. The van der Waals surface area contributed by atoms with Gasteiger partial charge in [-0.15, -0.1) is 0 Å². The van der Waals surface area contributed by atoms with Crippen molar-refractivity contribution in [3.05, 3.63) is 63.9 Å². The average Bonchev–Trinajstić information content (AvgIpc) is 2.95. The maximum atomic E-state index is 13.8. The molecule has 3 atom stereocenters. The van der Waals surface area contributed by atoms with Crippen LogP contribution in [-0.2, 0) is 36.9 Å². The Balaban J connectivity index is 1.59. The summed E-state index contributed by atoms with van der Waals surface area (Å²) < 4.78 is 10.6. The second kappa shape index (κ2) is 11.2. The third-order valence-electron chi connectivity index (χ3n) is 8.40. The van der Waals surface area contributed by atoms with Crippen LogP contribution in [0, 0.1) is 11.8 Å². The van der Waals surface area contributed by atoms with Gasteiger partial charge in [0.05, 0.1) is 25.8 Å². The Kier molecular flexibility index (Phi) is 7.76. The predicted molar refractivity (Wildman–Crippen MR) is 152 cm³/mol. The van der Waals surface area contributed by atoms with Gasteiger partial charge in [-0.1, -0.05) is 12.1 Å². The molecule has 1 amide bonds. The number of ketones is 2. The van der Waals surface area contributed by atoms with Gasteiger partial charge in [0.15, 0.2) is 11.4 Å². The van der Waals surface area contributed by atoms with Gasteiger partial charge in [-0.25, -0.2) is 0 Å². The molecule has 0 bridgehead atoms. The lowest BCUT2D eigenvalue weighted by atomic mass is 9.59. The molecule has 43 heavy (non-hydrogen) atoms. The number of Topliss-reactive ketones (excluding diaryl/α,β-unsaturated/α-hetero) is 2. The summed E-state index contributed by atoms with van der Waals surface area (Å²) >= 11 is 0. The molecular formula is C31H32N2O10. The number of ether oxygens (including phenoxy) is 2. The number of phenols is 1. The predicted octanol–water partition coefficient (Wildman–Crippen LogP) is 1.75. The maximum absolute atomic E-state index is 13.8. The van der Waals surface area contributed by atoms with Crippen LogP contribution in [0.2, 0.25) is 0 Å². The van der Waals surface area contributed by atoms with Crippen LogP contribution in [0.1, 0.15) is 36.5 Å². The molecule has 2 aromatic rings. The van der Waals surface area contributed by atoms with Gasteiger partial charge in [0.1, 0.15) is 28.6 Å². The van der Waals surface area contributed by atoms with Gasteiger partial charge in [-0.3, -0.25) is 19.2 Å². The van der Waals surface area contributed by atoms with Crippen molar-refractivity contribution < 1.29 is 49.1 Å². The summed E-state index contributed by atoms with van der Waals surface area (Å²) in [5.41, 5.74) is 4.11. The molecule has 12 heteroatoms. The number of carbonyl (C=O) groups excluding carboxylic acids is 4. The van der Waals surface area contributed by atoms with Crippen LogP contribution in [0.15, 0.2) is 47.2 Å². The fraction of sp³-hybridized carbons (Fsp3) is 0.355. The molecule has 1 saturated carbocycles. The van der Waals surface area contributed by atoms with E-state index >= 15 is 0 Å². The van der Waals surface area contributed by atoms with Gasteiger partial charge in [0.2, 0.25) is 5.78 Å². The first-order chi connectivity index (χ1) is 20.4. The van der Waals surface area contributed by atoms with Crippen LogP contribution in [-0.4, -0.2) is 69.7 Å². The number of nitrogens with one attached hydrogen (secondary N) is 1. The minimum absolute atomic E-state index is 0.0162. The molecule has 3 aliphatic carbocycles. The fourth-order valence-corrected chi connectivity index (χ4v) is 6.47. The Morgan fingerprint density at radius 2 is 1.84 bits per heavy atom. The number of fused-ring (bicyclic) bond motifs is 3. The lowest BCUT2D eigenvalue weighted by Gasteiger charge is -2.46. The van der Waals surface area contributed by atoms with Crippen molar-refractivity contribution in [3.63, 3.8) is 0 Å². The number of carbonyl (C=O) groups is 4. The standard InChI is InChI=1S/C31H32N2O10/c1-3-43-23(36)13-33-12-14-4-7-22(42-2)18(8-14)17-5-6-20(34)25-19(17)10-15-9-16-11-21(35)26(30(32)40)29(39)31(16,41)28(38)24(15)27(25)37/h4-8,15-16,33-34,37,39,41H,3,9-13H2,1-2H3,(H2,32,40)/t15-,16+,31+/m1/s1. The average molecular weight is 593 g/mol. The van der Waals surface area contributed by atoms with Gasteiger partial charge in [-0.05, 0) is 60.6 Å². The smallest absolute Gasteiger partial charge is 0.319 e. The van der Waals surface area contributed by atoms with Crippen molar-refractivity contribution in [3.8, 4) is 22.6 Å². The molecular weight excluding hydrogens is 560 g/mol. The van der Waals surface area contributed by atoms with Crippen molar-refractivity contribution in [2.75, 3.05) is 20.3 Å². The molecule has 0 heterocycles. The highest BCUT2D eigenvalue weighted by Gasteiger charge is 2.60. The Hall–Kier alpha value is -4.68. The number of nitrogens with two attached hydrogens (primary N) is 1. The normalized spacial score (nSPS) is 23.0. The number of aliphatic hydroxyl groups excluding tert-OH is 2. The van der Waals surface area contributed by atoms with Crippen LogP contribution in [0.5, 0.6) is 11.5 Å². The quantitative estimate of drug-likeness (QED) is 0.192. The third-order valence-corrected chi connectivity index (χ3v) is 8.40.